The lowest BCUT2D eigenvalue weighted by atomic mass is 10.0. The van der Waals surface area contributed by atoms with Crippen molar-refractivity contribution in [2.24, 2.45) is 11.7 Å². The van der Waals surface area contributed by atoms with Crippen molar-refractivity contribution >= 4 is 24.2 Å². The normalized spacial score (nSPS) is 17.1. The van der Waals surface area contributed by atoms with Crippen molar-refractivity contribution in [2.45, 2.75) is 35.7 Å². The lowest BCUT2D eigenvalue weighted by molar-refractivity contribution is -0.0328. The highest BCUT2D eigenvalue weighted by Crippen LogP contribution is 2.42. The van der Waals surface area contributed by atoms with E-state index >= 15 is 0 Å². The molecular weight excluding hydrogens is 283 g/mol. The average Bonchev–Trinajstić information content (AvgIpc) is 3.00. The van der Waals surface area contributed by atoms with Gasteiger partial charge in [-0.3, -0.25) is 0 Å². The van der Waals surface area contributed by atoms with Gasteiger partial charge in [0, 0.05) is 10.9 Å². The Morgan fingerprint density at radius 1 is 1.28 bits per heavy atom. The summed E-state index contributed by atoms with van der Waals surface area (Å²) < 4.78 is 37.1. The van der Waals surface area contributed by atoms with Crippen molar-refractivity contribution < 1.29 is 13.2 Å². The fraction of sp³-hybridized carbons (Fsp3) is 0.500. The van der Waals surface area contributed by atoms with Crippen molar-refractivity contribution in [2.75, 3.05) is 0 Å². The van der Waals surface area contributed by atoms with Gasteiger partial charge in [-0.2, -0.15) is 13.2 Å². The smallest absolute Gasteiger partial charge is 0.324 e. The molecule has 1 fully saturated rings. The summed E-state index contributed by atoms with van der Waals surface area (Å²) in [7, 11) is 0. The Bertz CT molecular complexity index is 393. The number of alkyl halides is 3. The van der Waals surface area contributed by atoms with E-state index in [1.807, 2.05) is 0 Å². The fourth-order valence-corrected chi connectivity index (χ4v) is 2.58. The Kier molecular flexibility index (Phi) is 5.37. The van der Waals surface area contributed by atoms with Gasteiger partial charge in [-0.25, -0.2) is 0 Å². The van der Waals surface area contributed by atoms with E-state index in [9.17, 15) is 13.2 Å². The van der Waals surface area contributed by atoms with Gasteiger partial charge in [0.1, 0.15) is 0 Å². The van der Waals surface area contributed by atoms with Crippen molar-refractivity contribution in [3.63, 3.8) is 0 Å². The molecule has 1 aliphatic rings. The van der Waals surface area contributed by atoms with Gasteiger partial charge in [0.2, 0.25) is 0 Å². The SMILES string of the molecule is Cl.N[C@H](CC1CC1)c1ccccc1SC(F)(F)F. The molecule has 2 rings (SSSR count). The number of nitrogens with two attached hydrogens (primary N) is 1. The van der Waals surface area contributed by atoms with Crippen LogP contribution in [0.5, 0.6) is 0 Å². The average molecular weight is 298 g/mol. The van der Waals surface area contributed by atoms with Crippen LogP contribution in [0.15, 0.2) is 29.2 Å². The van der Waals surface area contributed by atoms with E-state index in [0.717, 1.165) is 19.3 Å². The van der Waals surface area contributed by atoms with E-state index in [1.54, 1.807) is 18.2 Å². The third-order valence-electron chi connectivity index (χ3n) is 2.83. The number of rotatable bonds is 4. The van der Waals surface area contributed by atoms with Gasteiger partial charge in [0.05, 0.1) is 0 Å². The van der Waals surface area contributed by atoms with Gasteiger partial charge in [0.25, 0.3) is 0 Å². The first-order valence-electron chi connectivity index (χ1n) is 5.56. The van der Waals surface area contributed by atoms with E-state index < -0.39 is 5.51 Å². The Labute approximate surface area is 115 Å². The molecule has 1 nitrogen and oxygen atoms in total. The molecule has 18 heavy (non-hydrogen) atoms. The molecule has 6 heteroatoms. The standard InChI is InChI=1S/C12H14F3NS.ClH/c13-12(14,15)17-11-4-2-1-3-9(11)10(16)7-8-5-6-8;/h1-4,8,10H,5-7,16H2;1H/t10-;/m1./s1. The number of hydrogen-bond acceptors (Lipinski definition) is 2. The van der Waals surface area contributed by atoms with Crippen LogP contribution >= 0.6 is 24.2 Å². The first-order chi connectivity index (χ1) is 7.96. The Hall–Kier alpha value is -0.390. The van der Waals surface area contributed by atoms with Gasteiger partial charge < -0.3 is 5.73 Å². The molecule has 0 unspecified atom stereocenters. The quantitative estimate of drug-likeness (QED) is 0.827. The van der Waals surface area contributed by atoms with E-state index in [4.69, 9.17) is 5.73 Å². The van der Waals surface area contributed by atoms with Gasteiger partial charge in [-0.15, -0.1) is 12.4 Å². The van der Waals surface area contributed by atoms with Crippen molar-refractivity contribution in [3.05, 3.63) is 29.8 Å². The van der Waals surface area contributed by atoms with Gasteiger partial charge >= 0.3 is 5.51 Å². The molecule has 1 atom stereocenters. The molecule has 0 aromatic heterocycles. The maximum atomic E-state index is 12.4. The Morgan fingerprint density at radius 2 is 1.89 bits per heavy atom. The molecule has 0 radical (unpaired) electrons. The van der Waals surface area contributed by atoms with Crippen LogP contribution in [0.2, 0.25) is 0 Å². The molecule has 0 aliphatic heterocycles. The summed E-state index contributed by atoms with van der Waals surface area (Å²) in [5, 5.41) is 0. The number of hydrogen-bond donors (Lipinski definition) is 1. The van der Waals surface area contributed by atoms with Gasteiger partial charge in [-0.1, -0.05) is 31.0 Å². The summed E-state index contributed by atoms with van der Waals surface area (Å²) >= 11 is -0.0768. The maximum absolute atomic E-state index is 12.4. The molecule has 1 aromatic carbocycles. The van der Waals surface area contributed by atoms with Crippen LogP contribution in [0.1, 0.15) is 30.9 Å². The minimum absolute atomic E-state index is 0. The molecular formula is C12H15ClF3NS. The summed E-state index contributed by atoms with van der Waals surface area (Å²) in [5.41, 5.74) is 2.33. The second-order valence-corrected chi connectivity index (χ2v) is 5.48. The van der Waals surface area contributed by atoms with Crippen LogP contribution in [0.3, 0.4) is 0 Å². The molecule has 0 saturated heterocycles. The Morgan fingerprint density at radius 3 is 2.44 bits per heavy atom. The molecule has 1 aromatic rings. The third kappa shape index (κ3) is 4.71. The predicted octanol–water partition coefficient (Wildman–Crippen LogP) is 4.52. The first-order valence-corrected chi connectivity index (χ1v) is 6.37. The molecule has 0 heterocycles. The van der Waals surface area contributed by atoms with Crippen LogP contribution in [0.25, 0.3) is 0 Å². The maximum Gasteiger partial charge on any atom is 0.446 e. The van der Waals surface area contributed by atoms with Gasteiger partial charge in [0.15, 0.2) is 0 Å². The topological polar surface area (TPSA) is 26.0 Å². The lowest BCUT2D eigenvalue weighted by Crippen LogP contribution is -2.13. The highest BCUT2D eigenvalue weighted by atomic mass is 35.5. The number of benzene rings is 1. The monoisotopic (exact) mass is 297 g/mol. The zero-order valence-electron chi connectivity index (χ0n) is 9.61. The Balaban J connectivity index is 0.00000162. The summed E-state index contributed by atoms with van der Waals surface area (Å²) in [5.74, 6) is 0.606. The van der Waals surface area contributed by atoms with Crippen molar-refractivity contribution in [3.8, 4) is 0 Å². The van der Waals surface area contributed by atoms with E-state index in [-0.39, 0.29) is 35.1 Å². The minimum atomic E-state index is -4.25. The largest absolute Gasteiger partial charge is 0.446 e. The fourth-order valence-electron chi connectivity index (χ4n) is 1.84. The molecule has 0 bridgehead atoms. The van der Waals surface area contributed by atoms with Crippen molar-refractivity contribution in [1.29, 1.82) is 0 Å². The predicted molar refractivity (Wildman–Crippen MR) is 69.9 cm³/mol. The molecule has 102 valence electrons. The summed E-state index contributed by atoms with van der Waals surface area (Å²) in [6.07, 6.45) is 3.10. The second kappa shape index (κ2) is 6.17. The van der Waals surface area contributed by atoms with Crippen molar-refractivity contribution in [1.82, 2.24) is 0 Å². The van der Waals surface area contributed by atoms with Crippen LogP contribution in [0, 0.1) is 5.92 Å². The zero-order valence-corrected chi connectivity index (χ0v) is 11.2. The molecule has 0 amide bonds. The van der Waals surface area contributed by atoms with Gasteiger partial charge in [-0.05, 0) is 35.7 Å². The number of halogens is 4. The highest BCUT2D eigenvalue weighted by Gasteiger charge is 2.32. The molecule has 0 spiro atoms. The second-order valence-electron chi connectivity index (χ2n) is 4.37. The summed E-state index contributed by atoms with van der Waals surface area (Å²) in [6.45, 7) is 0. The molecule has 1 aliphatic carbocycles. The van der Waals surface area contributed by atoms with E-state index in [2.05, 4.69) is 0 Å². The highest BCUT2D eigenvalue weighted by molar-refractivity contribution is 8.00. The van der Waals surface area contributed by atoms with Crippen LogP contribution in [0.4, 0.5) is 13.2 Å². The van der Waals surface area contributed by atoms with Crippen LogP contribution < -0.4 is 5.73 Å². The van der Waals surface area contributed by atoms with Crippen LogP contribution in [-0.2, 0) is 0 Å². The zero-order chi connectivity index (χ0) is 12.5. The third-order valence-corrected chi connectivity index (χ3v) is 3.65. The molecule has 2 N–H and O–H groups in total. The first kappa shape index (κ1) is 15.7. The van der Waals surface area contributed by atoms with E-state index in [1.165, 1.54) is 6.07 Å². The van der Waals surface area contributed by atoms with Crippen LogP contribution in [-0.4, -0.2) is 5.51 Å². The van der Waals surface area contributed by atoms with E-state index in [0.29, 0.717) is 11.5 Å². The number of thioether (sulfide) groups is 1. The summed E-state index contributed by atoms with van der Waals surface area (Å²) in [6, 6.07) is 6.25. The molecule has 1 saturated carbocycles. The lowest BCUT2D eigenvalue weighted by Gasteiger charge is -2.16. The summed E-state index contributed by atoms with van der Waals surface area (Å²) in [4.78, 5) is 0.230. The minimum Gasteiger partial charge on any atom is -0.324 e.